The highest BCUT2D eigenvalue weighted by Gasteiger charge is 2.20. The molecule has 9 nitrogen and oxygen atoms in total. The highest BCUT2D eigenvalue weighted by atomic mass is 16.2. The number of hydrogen-bond acceptors (Lipinski definition) is 5. The summed E-state index contributed by atoms with van der Waals surface area (Å²) in [4.78, 5) is 43.0. The Kier molecular flexibility index (Phi) is 5.40. The van der Waals surface area contributed by atoms with Crippen LogP contribution in [0, 0.1) is 0 Å². The summed E-state index contributed by atoms with van der Waals surface area (Å²) in [6.07, 6.45) is 3.11. The quantitative estimate of drug-likeness (QED) is 0.612. The number of nitrogens with one attached hydrogen (secondary N) is 2. The predicted molar refractivity (Wildman–Crippen MR) is 109 cm³/mol. The van der Waals surface area contributed by atoms with Gasteiger partial charge in [-0.1, -0.05) is 0 Å². The standard InChI is InChI=1S/C20H20N6O3/c1-11(27)24-17-8-13(4-6-22-17)16-10-15(20(21)29)19(26(16)3)14-5-7-23-18(9-14)25-12(2)28/h4-10H,1-3H3,(H2,21,29)(H,22,24,27)(H,23,25,28). The van der Waals surface area contributed by atoms with Crippen LogP contribution in [-0.4, -0.2) is 32.3 Å². The molecule has 3 rings (SSSR count). The van der Waals surface area contributed by atoms with Gasteiger partial charge in [0.05, 0.1) is 11.3 Å². The number of rotatable bonds is 5. The Hall–Kier alpha value is -4.01. The molecule has 0 bridgehead atoms. The molecule has 29 heavy (non-hydrogen) atoms. The van der Waals surface area contributed by atoms with E-state index in [1.165, 1.54) is 13.8 Å². The first-order valence-corrected chi connectivity index (χ1v) is 8.74. The number of carbonyl (C=O) groups excluding carboxylic acids is 3. The summed E-state index contributed by atoms with van der Waals surface area (Å²) >= 11 is 0. The van der Waals surface area contributed by atoms with E-state index in [1.54, 1.807) is 49.8 Å². The molecule has 0 saturated heterocycles. The van der Waals surface area contributed by atoms with Gasteiger partial charge >= 0.3 is 0 Å². The first kappa shape index (κ1) is 19.7. The Morgan fingerprint density at radius 2 is 1.41 bits per heavy atom. The summed E-state index contributed by atoms with van der Waals surface area (Å²) in [6.45, 7) is 2.79. The van der Waals surface area contributed by atoms with Crippen molar-refractivity contribution in [2.45, 2.75) is 13.8 Å². The van der Waals surface area contributed by atoms with Crippen molar-refractivity contribution in [2.24, 2.45) is 12.8 Å². The summed E-state index contributed by atoms with van der Waals surface area (Å²) < 4.78 is 1.82. The van der Waals surface area contributed by atoms with Gasteiger partial charge in [0.15, 0.2) is 0 Å². The van der Waals surface area contributed by atoms with E-state index in [2.05, 4.69) is 20.6 Å². The van der Waals surface area contributed by atoms with E-state index in [0.29, 0.717) is 34.2 Å². The molecule has 0 fully saturated rings. The van der Waals surface area contributed by atoms with Crippen LogP contribution in [-0.2, 0) is 16.6 Å². The van der Waals surface area contributed by atoms with Gasteiger partial charge in [-0.3, -0.25) is 14.4 Å². The van der Waals surface area contributed by atoms with Crippen LogP contribution in [0.1, 0.15) is 24.2 Å². The maximum atomic E-state index is 12.1. The maximum Gasteiger partial charge on any atom is 0.250 e. The second kappa shape index (κ2) is 7.93. The van der Waals surface area contributed by atoms with E-state index in [0.717, 1.165) is 5.56 Å². The van der Waals surface area contributed by atoms with Gasteiger partial charge in [0, 0.05) is 50.1 Å². The molecule has 3 aromatic rings. The zero-order valence-corrected chi connectivity index (χ0v) is 16.2. The summed E-state index contributed by atoms with van der Waals surface area (Å²) in [5.41, 5.74) is 8.65. The van der Waals surface area contributed by atoms with Crippen molar-refractivity contribution < 1.29 is 14.4 Å². The van der Waals surface area contributed by atoms with Gasteiger partial charge in [0.1, 0.15) is 11.6 Å². The summed E-state index contributed by atoms with van der Waals surface area (Å²) in [7, 11) is 1.80. The predicted octanol–water partition coefficient (Wildman–Crippen LogP) is 2.16. The average molecular weight is 392 g/mol. The molecule has 3 aromatic heterocycles. The third-order valence-corrected chi connectivity index (χ3v) is 4.20. The second-order valence-electron chi connectivity index (χ2n) is 6.44. The molecule has 9 heteroatoms. The van der Waals surface area contributed by atoms with Gasteiger partial charge in [-0.05, 0) is 30.3 Å². The fourth-order valence-corrected chi connectivity index (χ4v) is 3.08. The smallest absolute Gasteiger partial charge is 0.250 e. The number of nitrogens with zero attached hydrogens (tertiary/aromatic N) is 3. The molecule has 0 spiro atoms. The highest BCUT2D eigenvalue weighted by molar-refractivity contribution is 6.01. The van der Waals surface area contributed by atoms with Crippen molar-refractivity contribution in [3.8, 4) is 22.5 Å². The highest BCUT2D eigenvalue weighted by Crippen LogP contribution is 2.33. The van der Waals surface area contributed by atoms with Gasteiger partial charge in [-0.15, -0.1) is 0 Å². The minimum Gasteiger partial charge on any atom is -0.366 e. The van der Waals surface area contributed by atoms with Crippen LogP contribution >= 0.6 is 0 Å². The van der Waals surface area contributed by atoms with E-state index in [-0.39, 0.29) is 11.8 Å². The van der Waals surface area contributed by atoms with Crippen LogP contribution in [0.5, 0.6) is 0 Å². The molecule has 4 N–H and O–H groups in total. The van der Waals surface area contributed by atoms with Crippen LogP contribution in [0.15, 0.2) is 42.7 Å². The lowest BCUT2D eigenvalue weighted by Gasteiger charge is -2.11. The summed E-state index contributed by atoms with van der Waals surface area (Å²) in [5.74, 6) is -0.307. The molecule has 3 amide bonds. The van der Waals surface area contributed by atoms with Crippen molar-refractivity contribution in [1.82, 2.24) is 14.5 Å². The van der Waals surface area contributed by atoms with E-state index in [1.807, 2.05) is 4.57 Å². The topological polar surface area (TPSA) is 132 Å². The minimum atomic E-state index is -0.587. The van der Waals surface area contributed by atoms with E-state index < -0.39 is 5.91 Å². The van der Waals surface area contributed by atoms with Gasteiger partial charge < -0.3 is 20.9 Å². The van der Waals surface area contributed by atoms with E-state index in [4.69, 9.17) is 5.73 Å². The monoisotopic (exact) mass is 392 g/mol. The third-order valence-electron chi connectivity index (χ3n) is 4.20. The molecular weight excluding hydrogens is 372 g/mol. The molecule has 0 atom stereocenters. The number of pyridine rings is 2. The van der Waals surface area contributed by atoms with Crippen molar-refractivity contribution in [3.05, 3.63) is 48.3 Å². The molecule has 0 aliphatic carbocycles. The van der Waals surface area contributed by atoms with E-state index in [9.17, 15) is 14.4 Å². The minimum absolute atomic E-state index is 0.234. The summed E-state index contributed by atoms with van der Waals surface area (Å²) in [5, 5.41) is 5.26. The lowest BCUT2D eigenvalue weighted by atomic mass is 10.1. The van der Waals surface area contributed by atoms with Crippen LogP contribution < -0.4 is 16.4 Å². The molecule has 0 radical (unpaired) electrons. The Morgan fingerprint density at radius 3 is 1.93 bits per heavy atom. The number of primary amides is 1. The zero-order valence-electron chi connectivity index (χ0n) is 16.2. The molecule has 3 heterocycles. The Bertz CT molecular complexity index is 1120. The number of hydrogen-bond donors (Lipinski definition) is 3. The fourth-order valence-electron chi connectivity index (χ4n) is 3.08. The van der Waals surface area contributed by atoms with Gasteiger partial charge in [-0.2, -0.15) is 0 Å². The van der Waals surface area contributed by atoms with Gasteiger partial charge in [-0.25, -0.2) is 9.97 Å². The second-order valence-corrected chi connectivity index (χ2v) is 6.44. The van der Waals surface area contributed by atoms with Crippen molar-refractivity contribution in [1.29, 1.82) is 0 Å². The average Bonchev–Trinajstić information content (AvgIpc) is 2.98. The molecular formula is C20H20N6O3. The van der Waals surface area contributed by atoms with Crippen molar-refractivity contribution in [3.63, 3.8) is 0 Å². The van der Waals surface area contributed by atoms with Gasteiger partial charge in [0.25, 0.3) is 5.91 Å². The SMILES string of the molecule is CC(=O)Nc1cc(-c2cc(C(N)=O)c(-c3ccnc(NC(C)=O)c3)n2C)ccn1. The molecule has 0 unspecified atom stereocenters. The Balaban J connectivity index is 2.13. The molecule has 0 saturated carbocycles. The molecule has 148 valence electrons. The molecule has 0 aromatic carbocycles. The van der Waals surface area contributed by atoms with Crippen LogP contribution in [0.4, 0.5) is 11.6 Å². The van der Waals surface area contributed by atoms with Gasteiger partial charge in [0.2, 0.25) is 11.8 Å². The Labute approximate surface area is 167 Å². The van der Waals surface area contributed by atoms with Crippen molar-refractivity contribution >= 4 is 29.4 Å². The summed E-state index contributed by atoms with van der Waals surface area (Å²) in [6, 6.07) is 8.56. The van der Waals surface area contributed by atoms with E-state index >= 15 is 0 Å². The number of nitrogens with two attached hydrogens (primary N) is 1. The fraction of sp³-hybridized carbons (Fsp3) is 0.150. The first-order chi connectivity index (χ1) is 13.8. The normalized spacial score (nSPS) is 10.4. The van der Waals surface area contributed by atoms with Crippen LogP contribution in [0.2, 0.25) is 0 Å². The lowest BCUT2D eigenvalue weighted by Crippen LogP contribution is -2.12. The maximum absolute atomic E-state index is 12.1. The lowest BCUT2D eigenvalue weighted by molar-refractivity contribution is -0.115. The van der Waals surface area contributed by atoms with Crippen molar-refractivity contribution in [2.75, 3.05) is 10.6 Å². The first-order valence-electron chi connectivity index (χ1n) is 8.74. The third kappa shape index (κ3) is 4.29. The number of anilines is 2. The largest absolute Gasteiger partial charge is 0.366 e. The zero-order chi connectivity index (χ0) is 21.1. The molecule has 0 aliphatic rings. The van der Waals surface area contributed by atoms with Crippen LogP contribution in [0.25, 0.3) is 22.5 Å². The number of amides is 3. The van der Waals surface area contributed by atoms with Crippen LogP contribution in [0.3, 0.4) is 0 Å². The number of carbonyl (C=O) groups is 3. The number of aromatic nitrogens is 3. The Morgan fingerprint density at radius 1 is 0.897 bits per heavy atom. The molecule has 0 aliphatic heterocycles.